The maximum absolute atomic E-state index is 13.3. The molecule has 3 aromatic carbocycles. The molecule has 1 amide bonds. The van der Waals surface area contributed by atoms with Crippen LogP contribution in [0.2, 0.25) is 0 Å². The predicted molar refractivity (Wildman–Crippen MR) is 122 cm³/mol. The van der Waals surface area contributed by atoms with E-state index in [0.717, 1.165) is 16.0 Å². The molecule has 0 aromatic heterocycles. The lowest BCUT2D eigenvalue weighted by molar-refractivity contribution is -0.147. The Kier molecular flexibility index (Phi) is 8.27. The molecule has 5 nitrogen and oxygen atoms in total. The Morgan fingerprint density at radius 2 is 1.50 bits per heavy atom. The van der Waals surface area contributed by atoms with Gasteiger partial charge >= 0.3 is 12.1 Å². The lowest BCUT2D eigenvalue weighted by atomic mass is 9.92. The Morgan fingerprint density at radius 1 is 0.906 bits per heavy atom. The molecule has 32 heavy (non-hydrogen) atoms. The Labute approximate surface area is 190 Å². The minimum atomic E-state index is -1.39. The van der Waals surface area contributed by atoms with Crippen molar-refractivity contribution in [1.29, 1.82) is 0 Å². The molecule has 7 heteroatoms. The topological polar surface area (TPSA) is 64.6 Å². The zero-order valence-electron chi connectivity index (χ0n) is 17.6. The van der Waals surface area contributed by atoms with E-state index in [-0.39, 0.29) is 24.6 Å². The molecule has 0 radical (unpaired) electrons. The van der Waals surface area contributed by atoms with Crippen LogP contribution in [0.3, 0.4) is 0 Å². The SMILES string of the molecule is COC(=O)[C@@](CSc1ccc(F)cc1)(Cc1ccccc1)NC(=O)OCc1ccccc1. The number of methoxy groups -OCH3 is 1. The first-order valence-corrected chi connectivity index (χ1v) is 11.0. The van der Waals surface area contributed by atoms with Gasteiger partial charge in [-0.15, -0.1) is 11.8 Å². The highest BCUT2D eigenvalue weighted by molar-refractivity contribution is 7.99. The van der Waals surface area contributed by atoms with Crippen LogP contribution in [0, 0.1) is 5.82 Å². The number of ether oxygens (including phenoxy) is 2. The Bertz CT molecular complexity index is 1020. The third-order valence-electron chi connectivity index (χ3n) is 4.78. The molecule has 0 bridgehead atoms. The van der Waals surface area contributed by atoms with Crippen LogP contribution in [0.1, 0.15) is 11.1 Å². The van der Waals surface area contributed by atoms with Crippen molar-refractivity contribution in [3.63, 3.8) is 0 Å². The first-order valence-electron chi connectivity index (χ1n) is 10.0. The molecule has 0 saturated heterocycles. The number of alkyl carbamates (subject to hydrolysis) is 1. The highest BCUT2D eigenvalue weighted by Crippen LogP contribution is 2.27. The van der Waals surface area contributed by atoms with Crippen LogP contribution in [0.4, 0.5) is 9.18 Å². The number of hydrogen-bond acceptors (Lipinski definition) is 5. The molecule has 0 unspecified atom stereocenters. The quantitative estimate of drug-likeness (QED) is 0.365. The second-order valence-electron chi connectivity index (χ2n) is 7.17. The normalized spacial score (nSPS) is 12.4. The molecule has 0 heterocycles. The number of benzene rings is 3. The van der Waals surface area contributed by atoms with E-state index in [0.29, 0.717) is 0 Å². The molecule has 0 spiro atoms. The maximum atomic E-state index is 13.3. The third-order valence-corrected chi connectivity index (χ3v) is 6.02. The second-order valence-corrected chi connectivity index (χ2v) is 8.21. The summed E-state index contributed by atoms with van der Waals surface area (Å²) in [4.78, 5) is 26.4. The summed E-state index contributed by atoms with van der Waals surface area (Å²) in [5.74, 6) is -0.770. The van der Waals surface area contributed by atoms with E-state index < -0.39 is 17.6 Å². The molecular formula is C25H24FNO4S. The molecule has 0 fully saturated rings. The average Bonchev–Trinajstić information content (AvgIpc) is 2.83. The van der Waals surface area contributed by atoms with E-state index in [4.69, 9.17) is 9.47 Å². The zero-order valence-corrected chi connectivity index (χ0v) is 18.4. The molecule has 0 aliphatic heterocycles. The van der Waals surface area contributed by atoms with Crippen molar-refractivity contribution in [1.82, 2.24) is 5.32 Å². The molecule has 1 atom stereocenters. The van der Waals surface area contributed by atoms with Gasteiger partial charge in [0.1, 0.15) is 12.4 Å². The van der Waals surface area contributed by atoms with Gasteiger partial charge in [0.2, 0.25) is 0 Å². The number of hydrogen-bond donors (Lipinski definition) is 1. The molecule has 166 valence electrons. The zero-order chi connectivity index (χ0) is 22.8. The van der Waals surface area contributed by atoms with Crippen molar-refractivity contribution >= 4 is 23.8 Å². The van der Waals surface area contributed by atoms with Gasteiger partial charge in [-0.2, -0.15) is 0 Å². The fourth-order valence-corrected chi connectivity index (χ4v) is 4.18. The number of esters is 1. The fraction of sp³-hybridized carbons (Fsp3) is 0.200. The van der Waals surface area contributed by atoms with E-state index in [2.05, 4.69) is 5.32 Å². The van der Waals surface area contributed by atoms with Gasteiger partial charge in [0.25, 0.3) is 0 Å². The first kappa shape index (κ1) is 23.3. The summed E-state index contributed by atoms with van der Waals surface area (Å²) in [5, 5.41) is 2.75. The Hall–Kier alpha value is -3.32. The number of thioether (sulfide) groups is 1. The van der Waals surface area contributed by atoms with Gasteiger partial charge in [-0.1, -0.05) is 60.7 Å². The molecule has 3 rings (SSSR count). The van der Waals surface area contributed by atoms with Crippen LogP contribution in [0.25, 0.3) is 0 Å². The van der Waals surface area contributed by atoms with Gasteiger partial charge in [-0.3, -0.25) is 0 Å². The lowest BCUT2D eigenvalue weighted by Crippen LogP contribution is -2.58. The summed E-state index contributed by atoms with van der Waals surface area (Å²) in [5.41, 5.74) is 0.291. The van der Waals surface area contributed by atoms with Gasteiger partial charge < -0.3 is 14.8 Å². The van der Waals surface area contributed by atoms with Crippen molar-refractivity contribution in [2.24, 2.45) is 0 Å². The summed E-state index contributed by atoms with van der Waals surface area (Å²) in [6.45, 7) is 0.0698. The van der Waals surface area contributed by atoms with Crippen LogP contribution in [0.15, 0.2) is 89.8 Å². The highest BCUT2D eigenvalue weighted by Gasteiger charge is 2.42. The Balaban J connectivity index is 1.81. The van der Waals surface area contributed by atoms with Gasteiger partial charge in [0.05, 0.1) is 7.11 Å². The molecular weight excluding hydrogens is 429 g/mol. The van der Waals surface area contributed by atoms with Crippen molar-refractivity contribution in [2.75, 3.05) is 12.9 Å². The summed E-state index contributed by atoms with van der Waals surface area (Å²) in [6.07, 6.45) is -0.523. The minimum Gasteiger partial charge on any atom is -0.467 e. The minimum absolute atomic E-state index is 0.0698. The fourth-order valence-electron chi connectivity index (χ4n) is 3.15. The number of rotatable bonds is 9. The summed E-state index contributed by atoms with van der Waals surface area (Å²) >= 11 is 1.32. The van der Waals surface area contributed by atoms with Crippen LogP contribution >= 0.6 is 11.8 Å². The van der Waals surface area contributed by atoms with Crippen molar-refractivity contribution in [3.8, 4) is 0 Å². The van der Waals surface area contributed by atoms with Gasteiger partial charge in [-0.05, 0) is 35.4 Å². The van der Waals surface area contributed by atoms with Crippen molar-refractivity contribution in [3.05, 3.63) is 102 Å². The molecule has 0 aliphatic carbocycles. The van der Waals surface area contributed by atoms with Crippen LogP contribution in [0.5, 0.6) is 0 Å². The smallest absolute Gasteiger partial charge is 0.408 e. The van der Waals surface area contributed by atoms with E-state index >= 15 is 0 Å². The predicted octanol–water partition coefficient (Wildman–Crippen LogP) is 5.00. The monoisotopic (exact) mass is 453 g/mol. The highest BCUT2D eigenvalue weighted by atomic mass is 32.2. The number of carbonyl (C=O) groups is 2. The van der Waals surface area contributed by atoms with E-state index in [9.17, 15) is 14.0 Å². The summed E-state index contributed by atoms with van der Waals surface area (Å²) < 4.78 is 23.7. The van der Waals surface area contributed by atoms with E-state index in [1.54, 1.807) is 12.1 Å². The summed E-state index contributed by atoms with van der Waals surface area (Å²) in [7, 11) is 1.28. The van der Waals surface area contributed by atoms with Crippen LogP contribution < -0.4 is 5.32 Å². The molecule has 1 N–H and O–H groups in total. The first-order chi connectivity index (χ1) is 15.5. The average molecular weight is 454 g/mol. The van der Waals surface area contributed by atoms with Gasteiger partial charge in [0, 0.05) is 17.1 Å². The van der Waals surface area contributed by atoms with Gasteiger partial charge in [-0.25, -0.2) is 14.0 Å². The van der Waals surface area contributed by atoms with Crippen molar-refractivity contribution < 1.29 is 23.5 Å². The van der Waals surface area contributed by atoms with Crippen LogP contribution in [-0.4, -0.2) is 30.5 Å². The molecule has 3 aromatic rings. The molecule has 0 saturated carbocycles. The Morgan fingerprint density at radius 3 is 2.09 bits per heavy atom. The number of halogens is 1. The number of carbonyl (C=O) groups excluding carboxylic acids is 2. The van der Waals surface area contributed by atoms with Gasteiger partial charge in [0.15, 0.2) is 5.54 Å². The van der Waals surface area contributed by atoms with Crippen molar-refractivity contribution in [2.45, 2.75) is 23.5 Å². The maximum Gasteiger partial charge on any atom is 0.408 e. The number of amides is 1. The lowest BCUT2D eigenvalue weighted by Gasteiger charge is -2.31. The van der Waals surface area contributed by atoms with Crippen LogP contribution in [-0.2, 0) is 27.3 Å². The second kappa shape index (κ2) is 11.3. The van der Waals surface area contributed by atoms with E-state index in [1.165, 1.54) is 31.0 Å². The standard InChI is InChI=1S/C25H24FNO4S/c1-30-23(28)25(16-19-8-4-2-5-9-19,18-32-22-14-12-21(26)13-15-22)27-24(29)31-17-20-10-6-3-7-11-20/h2-15H,16-18H2,1H3,(H,27,29)/t25-/m0/s1. The largest absolute Gasteiger partial charge is 0.467 e. The van der Waals surface area contributed by atoms with E-state index in [1.807, 2.05) is 60.7 Å². The molecule has 0 aliphatic rings. The number of nitrogens with one attached hydrogen (secondary N) is 1. The summed E-state index contributed by atoms with van der Waals surface area (Å²) in [6, 6.07) is 24.5. The third kappa shape index (κ3) is 6.59.